The van der Waals surface area contributed by atoms with Gasteiger partial charge in [-0.25, -0.2) is 9.37 Å². The number of carbonyl (C=O) groups excluding carboxylic acids is 3. The molecule has 4 aromatic rings. The van der Waals surface area contributed by atoms with Gasteiger partial charge in [-0.05, 0) is 56.5 Å². The molecule has 4 heterocycles. The van der Waals surface area contributed by atoms with Crippen LogP contribution in [-0.4, -0.2) is 135 Å². The second-order valence-electron chi connectivity index (χ2n) is 15.0. The average Bonchev–Trinajstić information content (AvgIpc) is 3.77. The highest BCUT2D eigenvalue weighted by Gasteiger charge is 2.31. The molecule has 0 spiro atoms. The van der Waals surface area contributed by atoms with E-state index in [0.29, 0.717) is 93.7 Å². The summed E-state index contributed by atoms with van der Waals surface area (Å²) in [5.41, 5.74) is 3.06. The van der Waals surface area contributed by atoms with Gasteiger partial charge in [0, 0.05) is 94.0 Å². The van der Waals surface area contributed by atoms with Crippen LogP contribution >= 0.6 is 23.2 Å². The number of nitrogens with one attached hydrogen (secondary N) is 2. The van der Waals surface area contributed by atoms with Gasteiger partial charge in [-0.15, -0.1) is 0 Å². The van der Waals surface area contributed by atoms with Gasteiger partial charge in [0.05, 0.1) is 53.4 Å². The normalized spacial score (nSPS) is 15.1. The molecule has 0 aliphatic carbocycles. The zero-order valence-corrected chi connectivity index (χ0v) is 35.2. The van der Waals surface area contributed by atoms with Crippen LogP contribution in [-0.2, 0) is 27.9 Å². The maximum Gasteiger partial charge on any atom is 0.317 e. The summed E-state index contributed by atoms with van der Waals surface area (Å²) in [6.45, 7) is 9.14. The monoisotopic (exact) mass is 853 g/mol. The maximum absolute atomic E-state index is 15.8. The number of halogens is 3. The zero-order valence-electron chi connectivity index (χ0n) is 33.6. The number of amides is 3. The summed E-state index contributed by atoms with van der Waals surface area (Å²) in [6, 6.07) is 7.89. The minimum atomic E-state index is -0.880. The van der Waals surface area contributed by atoms with Crippen molar-refractivity contribution in [2.24, 2.45) is 18.9 Å². The van der Waals surface area contributed by atoms with Crippen LogP contribution in [0.2, 0.25) is 10.0 Å². The van der Waals surface area contributed by atoms with Gasteiger partial charge in [0.1, 0.15) is 0 Å². The molecule has 18 heteroatoms. The maximum atomic E-state index is 15.8. The van der Waals surface area contributed by atoms with Crippen LogP contribution in [0.3, 0.4) is 0 Å². The minimum absolute atomic E-state index is 0.00710. The highest BCUT2D eigenvalue weighted by atomic mass is 35.5. The van der Waals surface area contributed by atoms with Crippen LogP contribution in [0, 0.1) is 24.6 Å². The Kier molecular flexibility index (Phi) is 14.4. The first kappa shape index (κ1) is 43.7. The van der Waals surface area contributed by atoms with Crippen LogP contribution < -0.4 is 10.6 Å². The zero-order chi connectivity index (χ0) is 42.4. The second kappa shape index (κ2) is 19.5. The van der Waals surface area contributed by atoms with Crippen LogP contribution in [0.5, 0.6) is 0 Å². The number of nitrogens with zero attached hydrogens (tertiary/aromatic N) is 7. The molecule has 2 aliphatic heterocycles. The molecule has 15 nitrogen and oxygen atoms in total. The van der Waals surface area contributed by atoms with Crippen molar-refractivity contribution in [2.45, 2.75) is 33.2 Å². The molecule has 2 aliphatic rings. The fourth-order valence-corrected chi connectivity index (χ4v) is 8.09. The van der Waals surface area contributed by atoms with Crippen molar-refractivity contribution in [3.63, 3.8) is 0 Å². The van der Waals surface area contributed by atoms with E-state index >= 15 is 4.39 Å². The van der Waals surface area contributed by atoms with Crippen molar-refractivity contribution in [1.29, 1.82) is 0 Å². The van der Waals surface area contributed by atoms with Gasteiger partial charge in [-0.3, -0.25) is 28.8 Å². The lowest BCUT2D eigenvalue weighted by molar-refractivity contribution is -0.138. The SMILES string of the molecule is CCC(CCN(CC(=O)O)CC1CNC1)C(=O)N1CCN(C(=O)c2ccc(NC(=O)c3ncc(-c4ccc(-c5cnn(CCOC)c5C)c(Cl)c4F)n3C)cc2Cl)CC1. The molecular weight excluding hydrogens is 804 g/mol. The molecule has 1 unspecified atom stereocenters. The van der Waals surface area contributed by atoms with E-state index in [0.717, 1.165) is 18.8 Å². The Labute approximate surface area is 352 Å². The summed E-state index contributed by atoms with van der Waals surface area (Å²) in [4.78, 5) is 61.5. The van der Waals surface area contributed by atoms with Crippen molar-refractivity contribution in [3.8, 4) is 22.4 Å². The Morgan fingerprint density at radius 3 is 2.41 bits per heavy atom. The number of benzene rings is 2. The number of ether oxygens (including phenoxy) is 1. The van der Waals surface area contributed by atoms with Crippen molar-refractivity contribution in [2.75, 3.05) is 77.9 Å². The molecule has 2 aromatic carbocycles. The lowest BCUT2D eigenvalue weighted by Crippen LogP contribution is -2.52. The third-order valence-electron chi connectivity index (χ3n) is 11.2. The molecule has 59 heavy (non-hydrogen) atoms. The molecule has 1 atom stereocenters. The molecule has 0 saturated carbocycles. The molecule has 0 radical (unpaired) electrons. The highest BCUT2D eigenvalue weighted by Crippen LogP contribution is 2.37. The van der Waals surface area contributed by atoms with Gasteiger partial charge < -0.3 is 34.8 Å². The van der Waals surface area contributed by atoms with E-state index < -0.39 is 17.7 Å². The number of carboxylic acids is 1. The Morgan fingerprint density at radius 1 is 1.05 bits per heavy atom. The summed E-state index contributed by atoms with van der Waals surface area (Å²) in [7, 11) is 3.20. The summed E-state index contributed by atoms with van der Waals surface area (Å²) in [5.74, 6) is -2.22. The van der Waals surface area contributed by atoms with Crippen LogP contribution in [0.4, 0.5) is 10.1 Å². The van der Waals surface area contributed by atoms with Crippen molar-refractivity contribution in [3.05, 3.63) is 75.7 Å². The van der Waals surface area contributed by atoms with Crippen LogP contribution in [0.15, 0.2) is 42.7 Å². The minimum Gasteiger partial charge on any atom is -0.480 e. The number of hydrogen-bond acceptors (Lipinski definition) is 9. The fourth-order valence-electron chi connectivity index (χ4n) is 7.56. The molecule has 2 fully saturated rings. The van der Waals surface area contributed by atoms with Gasteiger partial charge in [0.15, 0.2) is 11.6 Å². The summed E-state index contributed by atoms with van der Waals surface area (Å²) in [5, 5.41) is 19.8. The molecule has 2 saturated heterocycles. The average molecular weight is 855 g/mol. The number of imidazole rings is 1. The van der Waals surface area contributed by atoms with Crippen LogP contribution in [0.1, 0.15) is 46.4 Å². The number of aliphatic carboxylic acids is 1. The molecule has 2 aromatic heterocycles. The first-order valence-corrected chi connectivity index (χ1v) is 20.4. The lowest BCUT2D eigenvalue weighted by Gasteiger charge is -2.37. The van der Waals surface area contributed by atoms with Gasteiger partial charge in [0.25, 0.3) is 11.8 Å². The number of rotatable bonds is 17. The number of piperazine rings is 1. The molecule has 3 amide bonds. The largest absolute Gasteiger partial charge is 0.480 e. The van der Waals surface area contributed by atoms with E-state index in [1.807, 2.05) is 18.7 Å². The number of aromatic nitrogens is 4. The van der Waals surface area contributed by atoms with E-state index in [2.05, 4.69) is 20.7 Å². The van der Waals surface area contributed by atoms with Crippen molar-refractivity contribution < 1.29 is 33.4 Å². The quantitative estimate of drug-likeness (QED) is 0.133. The van der Waals surface area contributed by atoms with E-state index in [9.17, 15) is 24.3 Å². The lowest BCUT2D eigenvalue weighted by atomic mass is 9.98. The van der Waals surface area contributed by atoms with Crippen molar-refractivity contribution in [1.82, 2.24) is 39.3 Å². The van der Waals surface area contributed by atoms with Crippen LogP contribution in [0.25, 0.3) is 22.4 Å². The van der Waals surface area contributed by atoms with E-state index in [1.54, 1.807) is 59.1 Å². The fraction of sp³-hybridized carbons (Fsp3) is 0.463. The molecular formula is C41H50Cl2FN9O6. The predicted molar refractivity (Wildman–Crippen MR) is 222 cm³/mol. The summed E-state index contributed by atoms with van der Waals surface area (Å²) < 4.78 is 24.2. The van der Waals surface area contributed by atoms with Gasteiger partial charge in [-0.1, -0.05) is 36.2 Å². The second-order valence-corrected chi connectivity index (χ2v) is 15.8. The molecule has 3 N–H and O–H groups in total. The summed E-state index contributed by atoms with van der Waals surface area (Å²) in [6.07, 6.45) is 4.23. The molecule has 6 rings (SSSR count). The van der Waals surface area contributed by atoms with Gasteiger partial charge in [0.2, 0.25) is 5.91 Å². The molecule has 0 bridgehead atoms. The van der Waals surface area contributed by atoms with Crippen molar-refractivity contribution >= 4 is 52.6 Å². The topological polar surface area (TPSA) is 167 Å². The summed E-state index contributed by atoms with van der Waals surface area (Å²) >= 11 is 13.2. The third kappa shape index (κ3) is 9.95. The number of carboxylic acid groups (broad SMARTS) is 1. The Balaban J connectivity index is 1.04. The van der Waals surface area contributed by atoms with Gasteiger partial charge in [-0.2, -0.15) is 5.10 Å². The van der Waals surface area contributed by atoms with E-state index in [4.69, 9.17) is 27.9 Å². The predicted octanol–water partition coefficient (Wildman–Crippen LogP) is 4.91. The third-order valence-corrected chi connectivity index (χ3v) is 11.8. The number of carbonyl (C=O) groups is 4. The Morgan fingerprint density at radius 2 is 1.76 bits per heavy atom. The number of methoxy groups -OCH3 is 1. The van der Waals surface area contributed by atoms with Gasteiger partial charge >= 0.3 is 5.97 Å². The number of anilines is 1. The standard InChI is InChI=1S/C41H50Cl2FN9O6/c1-5-27(10-11-50(24-35(54)55)23-26-19-45-20-26)40(57)51-12-14-52(15-13-51)41(58)30-7-6-28(18-33(30)42)48-39(56)38-46-22-34(49(38)3)31-9-8-29(36(43)37(31)44)32-21-47-53(25(32)2)16-17-59-4/h6-9,18,21-22,26-27,45H,5,10-17,19-20,23-24H2,1-4H3,(H,48,56)(H,54,55). The Hall–Kier alpha value is -4.87. The number of hydrogen-bond donors (Lipinski definition) is 3. The van der Waals surface area contributed by atoms with E-state index in [1.165, 1.54) is 16.8 Å². The highest BCUT2D eigenvalue weighted by molar-refractivity contribution is 6.34. The first-order valence-electron chi connectivity index (χ1n) is 19.7. The van der Waals surface area contributed by atoms with E-state index in [-0.39, 0.29) is 51.3 Å². The Bertz CT molecular complexity index is 2180. The first-order chi connectivity index (χ1) is 28.3. The smallest absolute Gasteiger partial charge is 0.317 e. The molecule has 316 valence electrons.